The molecule has 0 aliphatic heterocycles. The average molecular weight is 549 g/mol. The first-order chi connectivity index (χ1) is 17.0. The Morgan fingerprint density at radius 1 is 1.11 bits per heavy atom. The standard InChI is InChI=1S/C27H32N4O3S2.Na.H/c1-26(2,3)16-34-22-17(9-8-10-19(22)33-7)11-12-18-21(31-13-14-35-25(31)28-18)23(32)30-24-29-20(15-36-24)27(4,5)6;;/h8-15H,16H2,1-7H3,(H,29,30,32);;. The number of imidazole rings is 1. The minimum atomic E-state index is -0.259. The molecule has 0 spiro atoms. The Kier molecular flexibility index (Phi) is 9.29. The predicted octanol–water partition coefficient (Wildman–Crippen LogP) is 6.36. The molecule has 192 valence electrons. The van der Waals surface area contributed by atoms with Gasteiger partial charge in [-0.3, -0.25) is 14.5 Å². The summed E-state index contributed by atoms with van der Waals surface area (Å²) in [5.41, 5.74) is 2.71. The molecule has 10 heteroatoms. The maximum atomic E-state index is 13.4. The molecule has 7 nitrogen and oxygen atoms in total. The van der Waals surface area contributed by atoms with Crippen molar-refractivity contribution < 1.29 is 14.3 Å². The van der Waals surface area contributed by atoms with Crippen molar-refractivity contribution >= 4 is 80.4 Å². The van der Waals surface area contributed by atoms with Crippen LogP contribution in [-0.4, -0.2) is 63.5 Å². The third-order valence-corrected chi connectivity index (χ3v) is 6.81. The topological polar surface area (TPSA) is 77.8 Å². The third-order valence-electron chi connectivity index (χ3n) is 5.30. The first-order valence-electron chi connectivity index (χ1n) is 11.7. The zero-order valence-electron chi connectivity index (χ0n) is 21.7. The van der Waals surface area contributed by atoms with Gasteiger partial charge in [0.25, 0.3) is 5.91 Å². The van der Waals surface area contributed by atoms with Crippen LogP contribution in [0.25, 0.3) is 17.1 Å². The summed E-state index contributed by atoms with van der Waals surface area (Å²) in [6, 6.07) is 5.75. The number of rotatable bonds is 7. The fraction of sp³-hybridized carbons (Fsp3) is 0.370. The van der Waals surface area contributed by atoms with Gasteiger partial charge in [-0.25, -0.2) is 9.97 Å². The SMILES string of the molecule is COc1cccc(C=Cc2nc3sccn3c2C(=O)Nc2nc(C(C)(C)C)cs2)c1OCC(C)(C)C.[NaH]. The van der Waals surface area contributed by atoms with Gasteiger partial charge in [-0.1, -0.05) is 53.7 Å². The molecule has 0 fully saturated rings. The number of benzene rings is 1. The number of aromatic nitrogens is 3. The monoisotopic (exact) mass is 548 g/mol. The Morgan fingerprint density at radius 3 is 2.51 bits per heavy atom. The van der Waals surface area contributed by atoms with Gasteiger partial charge in [-0.2, -0.15) is 0 Å². The van der Waals surface area contributed by atoms with Gasteiger partial charge in [0, 0.05) is 27.9 Å². The van der Waals surface area contributed by atoms with E-state index in [9.17, 15) is 4.79 Å². The summed E-state index contributed by atoms with van der Waals surface area (Å²) in [6.07, 6.45) is 5.60. The summed E-state index contributed by atoms with van der Waals surface area (Å²) in [4.78, 5) is 23.4. The Morgan fingerprint density at radius 2 is 1.86 bits per heavy atom. The molecule has 0 bridgehead atoms. The van der Waals surface area contributed by atoms with E-state index in [1.165, 1.54) is 22.7 Å². The van der Waals surface area contributed by atoms with Crippen molar-refractivity contribution in [2.75, 3.05) is 19.0 Å². The van der Waals surface area contributed by atoms with Crippen molar-refractivity contribution in [3.63, 3.8) is 0 Å². The van der Waals surface area contributed by atoms with Gasteiger partial charge < -0.3 is 9.47 Å². The van der Waals surface area contributed by atoms with Crippen molar-refractivity contribution in [2.45, 2.75) is 47.0 Å². The van der Waals surface area contributed by atoms with Gasteiger partial charge >= 0.3 is 29.6 Å². The molecular weight excluding hydrogens is 515 g/mol. The van der Waals surface area contributed by atoms with E-state index in [1.54, 1.807) is 11.5 Å². The fourth-order valence-corrected chi connectivity index (χ4v) is 5.07. The zero-order valence-corrected chi connectivity index (χ0v) is 23.3. The van der Waals surface area contributed by atoms with Crippen LogP contribution in [0.2, 0.25) is 0 Å². The molecule has 1 aromatic carbocycles. The minimum absolute atomic E-state index is 0. The number of hydrogen-bond acceptors (Lipinski definition) is 7. The summed E-state index contributed by atoms with van der Waals surface area (Å²) >= 11 is 2.90. The van der Waals surface area contributed by atoms with Crippen LogP contribution >= 0.6 is 22.7 Å². The molecule has 0 aliphatic rings. The van der Waals surface area contributed by atoms with Crippen molar-refractivity contribution in [3.05, 3.63) is 57.8 Å². The van der Waals surface area contributed by atoms with Crippen LogP contribution in [-0.2, 0) is 5.41 Å². The second-order valence-corrected chi connectivity index (χ2v) is 12.4. The molecule has 4 rings (SSSR count). The van der Waals surface area contributed by atoms with Crippen LogP contribution in [0.15, 0.2) is 35.2 Å². The van der Waals surface area contributed by atoms with E-state index < -0.39 is 0 Å². The third kappa shape index (κ3) is 7.03. The van der Waals surface area contributed by atoms with Crippen molar-refractivity contribution in [2.24, 2.45) is 5.41 Å². The van der Waals surface area contributed by atoms with E-state index >= 15 is 0 Å². The van der Waals surface area contributed by atoms with Crippen LogP contribution in [0.3, 0.4) is 0 Å². The quantitative estimate of drug-likeness (QED) is 0.272. The molecule has 0 saturated heterocycles. The number of anilines is 1. The van der Waals surface area contributed by atoms with E-state index in [0.717, 1.165) is 16.2 Å². The number of carbonyl (C=O) groups is 1. The number of para-hydroxylation sites is 1. The van der Waals surface area contributed by atoms with Gasteiger partial charge in [0.15, 0.2) is 21.6 Å². The van der Waals surface area contributed by atoms with Crippen LogP contribution in [0, 0.1) is 5.41 Å². The van der Waals surface area contributed by atoms with Crippen LogP contribution in [0.1, 0.15) is 69.0 Å². The van der Waals surface area contributed by atoms with E-state index in [0.29, 0.717) is 34.6 Å². The Labute approximate surface area is 248 Å². The molecule has 0 unspecified atom stereocenters. The first-order valence-corrected chi connectivity index (χ1v) is 13.4. The number of hydrogen-bond donors (Lipinski definition) is 1. The number of fused-ring (bicyclic) bond motifs is 1. The number of methoxy groups -OCH3 is 1. The van der Waals surface area contributed by atoms with Crippen LogP contribution in [0.4, 0.5) is 5.13 Å². The summed E-state index contributed by atoms with van der Waals surface area (Å²) in [5, 5.41) is 7.42. The number of nitrogens with zero attached hydrogens (tertiary/aromatic N) is 3. The molecule has 0 aliphatic carbocycles. The normalized spacial score (nSPS) is 12.1. The van der Waals surface area contributed by atoms with Crippen LogP contribution in [0.5, 0.6) is 11.5 Å². The molecule has 0 atom stereocenters. The molecule has 1 N–H and O–H groups in total. The van der Waals surface area contributed by atoms with Gasteiger partial charge in [0.05, 0.1) is 25.1 Å². The Bertz CT molecular complexity index is 1410. The molecule has 0 radical (unpaired) electrons. The van der Waals surface area contributed by atoms with Gasteiger partial charge in [-0.15, -0.1) is 22.7 Å². The van der Waals surface area contributed by atoms with Gasteiger partial charge in [0.1, 0.15) is 5.69 Å². The van der Waals surface area contributed by atoms with Crippen molar-refractivity contribution in [3.8, 4) is 11.5 Å². The summed E-state index contributed by atoms with van der Waals surface area (Å²) in [6.45, 7) is 13.2. The van der Waals surface area contributed by atoms with E-state index in [-0.39, 0.29) is 46.3 Å². The van der Waals surface area contributed by atoms with Crippen molar-refractivity contribution in [1.29, 1.82) is 0 Å². The molecule has 0 saturated carbocycles. The number of amides is 1. The predicted molar refractivity (Wildman–Crippen MR) is 156 cm³/mol. The van der Waals surface area contributed by atoms with Gasteiger partial charge in [0.2, 0.25) is 0 Å². The van der Waals surface area contributed by atoms with Gasteiger partial charge in [-0.05, 0) is 23.6 Å². The molecule has 3 aromatic heterocycles. The van der Waals surface area contributed by atoms with Crippen LogP contribution < -0.4 is 14.8 Å². The van der Waals surface area contributed by atoms with E-state index in [1.807, 2.05) is 47.3 Å². The number of thiazole rings is 2. The second kappa shape index (κ2) is 11.7. The first kappa shape index (κ1) is 29.4. The molecule has 37 heavy (non-hydrogen) atoms. The average Bonchev–Trinajstić information content (AvgIpc) is 3.51. The summed E-state index contributed by atoms with van der Waals surface area (Å²) in [5.74, 6) is 1.06. The number of ether oxygens (including phenoxy) is 2. The Hall–Kier alpha value is -2.17. The summed E-state index contributed by atoms with van der Waals surface area (Å²) in [7, 11) is 1.63. The van der Waals surface area contributed by atoms with Crippen molar-refractivity contribution in [1.82, 2.24) is 14.4 Å². The summed E-state index contributed by atoms with van der Waals surface area (Å²) < 4.78 is 13.5. The molecular formula is C27H33N4NaO3S2. The molecule has 4 aromatic rings. The number of nitrogens with one attached hydrogen (secondary N) is 1. The molecule has 1 amide bonds. The maximum absolute atomic E-state index is 13.4. The fourth-order valence-electron chi connectivity index (χ4n) is 3.41. The Balaban J connectivity index is 0.00000380. The zero-order chi connectivity index (χ0) is 26.1. The number of carbonyl (C=O) groups excluding carboxylic acids is 1. The second-order valence-electron chi connectivity index (χ2n) is 10.7. The van der Waals surface area contributed by atoms with E-state index in [2.05, 4.69) is 51.8 Å². The molecule has 3 heterocycles. The van der Waals surface area contributed by atoms with E-state index in [4.69, 9.17) is 14.5 Å².